The molecule has 0 radical (unpaired) electrons. The summed E-state index contributed by atoms with van der Waals surface area (Å²) in [6, 6.07) is 3.31. The molecule has 1 rings (SSSR count). The molecule has 20 heavy (non-hydrogen) atoms. The van der Waals surface area contributed by atoms with Gasteiger partial charge in [0.15, 0.2) is 0 Å². The maximum Gasteiger partial charge on any atom is 0.461 e. The minimum atomic E-state index is -4.60. The van der Waals surface area contributed by atoms with Crippen molar-refractivity contribution in [3.05, 3.63) is 29.8 Å². The second-order valence-electron chi connectivity index (χ2n) is 3.77. The van der Waals surface area contributed by atoms with Gasteiger partial charge in [-0.2, -0.15) is 17.6 Å². The van der Waals surface area contributed by atoms with E-state index in [1.165, 1.54) is 12.1 Å². The predicted molar refractivity (Wildman–Crippen MR) is 62.8 cm³/mol. The van der Waals surface area contributed by atoms with Gasteiger partial charge in [-0.25, -0.2) is 8.78 Å². The third-order valence-electron chi connectivity index (χ3n) is 2.25. The fourth-order valence-electron chi connectivity index (χ4n) is 1.31. The number of nitrogens with two attached hydrogens (primary N) is 1. The van der Waals surface area contributed by atoms with Crippen molar-refractivity contribution in [1.82, 2.24) is 0 Å². The van der Waals surface area contributed by atoms with E-state index in [1.54, 1.807) is 0 Å². The highest BCUT2D eigenvalue weighted by Gasteiger charge is 2.43. The zero-order chi connectivity index (χ0) is 14.6. The first-order chi connectivity index (χ1) is 8.72. The first-order valence-electron chi connectivity index (χ1n) is 5.21. The van der Waals surface area contributed by atoms with E-state index in [0.717, 1.165) is 12.1 Å². The van der Waals surface area contributed by atoms with Crippen molar-refractivity contribution < 1.29 is 31.1 Å². The summed E-state index contributed by atoms with van der Waals surface area (Å²) in [6.45, 7) is 0. The van der Waals surface area contributed by atoms with Gasteiger partial charge in [0, 0.05) is 12.5 Å². The Kier molecular flexibility index (Phi) is 7.15. The van der Waals surface area contributed by atoms with E-state index in [4.69, 9.17) is 5.73 Å². The SMILES string of the molecule is Cl.N[C@H](CC(F)F)c1ccc(OC(F)(F)C(F)F)cc1. The molecule has 0 fully saturated rings. The summed E-state index contributed by atoms with van der Waals surface area (Å²) in [4.78, 5) is 0. The van der Waals surface area contributed by atoms with Gasteiger partial charge in [-0.3, -0.25) is 0 Å². The van der Waals surface area contributed by atoms with Gasteiger partial charge >= 0.3 is 12.5 Å². The zero-order valence-corrected chi connectivity index (χ0v) is 10.7. The molecular weight excluding hydrogens is 312 g/mol. The second-order valence-corrected chi connectivity index (χ2v) is 3.77. The van der Waals surface area contributed by atoms with Crippen molar-refractivity contribution in [2.45, 2.75) is 31.4 Å². The molecule has 0 saturated heterocycles. The first-order valence-corrected chi connectivity index (χ1v) is 5.21. The fraction of sp³-hybridized carbons (Fsp3) is 0.455. The van der Waals surface area contributed by atoms with Crippen LogP contribution in [0.3, 0.4) is 0 Å². The molecule has 0 aliphatic carbocycles. The molecule has 0 aliphatic rings. The van der Waals surface area contributed by atoms with Crippen molar-refractivity contribution >= 4 is 12.4 Å². The Morgan fingerprint density at radius 1 is 1.05 bits per heavy atom. The van der Waals surface area contributed by atoms with Crippen molar-refractivity contribution in [2.24, 2.45) is 5.73 Å². The summed E-state index contributed by atoms with van der Waals surface area (Å²) >= 11 is 0. The number of ether oxygens (including phenoxy) is 1. The van der Waals surface area contributed by atoms with E-state index in [-0.39, 0.29) is 18.0 Å². The molecule has 0 heterocycles. The van der Waals surface area contributed by atoms with Crippen LogP contribution in [0.1, 0.15) is 18.0 Å². The van der Waals surface area contributed by atoms with Gasteiger partial charge in [-0.05, 0) is 17.7 Å². The molecule has 9 heteroatoms. The highest BCUT2D eigenvalue weighted by Crippen LogP contribution is 2.28. The predicted octanol–water partition coefficient (Wildman–Crippen LogP) is 4.00. The van der Waals surface area contributed by atoms with Gasteiger partial charge in [0.2, 0.25) is 6.43 Å². The Hall–Kier alpha value is -1.15. The molecule has 0 bridgehead atoms. The Balaban J connectivity index is 0.00000361. The lowest BCUT2D eigenvalue weighted by molar-refractivity contribution is -0.253. The molecule has 0 aliphatic heterocycles. The van der Waals surface area contributed by atoms with Gasteiger partial charge in [0.1, 0.15) is 5.75 Å². The van der Waals surface area contributed by atoms with Crippen molar-refractivity contribution in [3.8, 4) is 5.75 Å². The van der Waals surface area contributed by atoms with Crippen LogP contribution in [-0.4, -0.2) is 19.0 Å². The second kappa shape index (κ2) is 7.58. The number of benzene rings is 1. The van der Waals surface area contributed by atoms with Crippen LogP contribution in [0.15, 0.2) is 24.3 Å². The van der Waals surface area contributed by atoms with E-state index < -0.39 is 37.2 Å². The highest BCUT2D eigenvalue weighted by molar-refractivity contribution is 5.85. The van der Waals surface area contributed by atoms with E-state index in [1.807, 2.05) is 0 Å². The molecular formula is C11H12ClF6NO. The lowest BCUT2D eigenvalue weighted by atomic mass is 10.1. The maximum absolute atomic E-state index is 12.6. The van der Waals surface area contributed by atoms with Gasteiger partial charge in [-0.1, -0.05) is 12.1 Å². The Morgan fingerprint density at radius 3 is 1.95 bits per heavy atom. The van der Waals surface area contributed by atoms with Crippen molar-refractivity contribution in [1.29, 1.82) is 0 Å². The maximum atomic E-state index is 12.6. The molecule has 0 amide bonds. The lowest BCUT2D eigenvalue weighted by Crippen LogP contribution is -2.33. The van der Waals surface area contributed by atoms with Crippen LogP contribution in [0.25, 0.3) is 0 Å². The van der Waals surface area contributed by atoms with Crippen molar-refractivity contribution in [3.63, 3.8) is 0 Å². The van der Waals surface area contributed by atoms with Crippen molar-refractivity contribution in [2.75, 3.05) is 0 Å². The van der Waals surface area contributed by atoms with E-state index in [9.17, 15) is 26.3 Å². The minimum Gasteiger partial charge on any atom is -0.428 e. The lowest BCUT2D eigenvalue weighted by Gasteiger charge is -2.17. The number of alkyl halides is 6. The molecule has 0 saturated carbocycles. The highest BCUT2D eigenvalue weighted by atomic mass is 35.5. The molecule has 1 aromatic rings. The largest absolute Gasteiger partial charge is 0.461 e. The molecule has 0 unspecified atom stereocenters. The molecule has 1 atom stereocenters. The number of halogens is 7. The fourth-order valence-corrected chi connectivity index (χ4v) is 1.31. The minimum absolute atomic E-state index is 0. The average Bonchev–Trinajstić information content (AvgIpc) is 2.28. The quantitative estimate of drug-likeness (QED) is 0.803. The first kappa shape index (κ1) is 18.9. The summed E-state index contributed by atoms with van der Waals surface area (Å²) in [5.74, 6) is -0.502. The van der Waals surface area contributed by atoms with E-state index in [0.29, 0.717) is 0 Å². The topological polar surface area (TPSA) is 35.2 Å². The monoisotopic (exact) mass is 323 g/mol. The molecule has 2 N–H and O–H groups in total. The van der Waals surface area contributed by atoms with E-state index >= 15 is 0 Å². The van der Waals surface area contributed by atoms with Crippen LogP contribution in [0.2, 0.25) is 0 Å². The summed E-state index contributed by atoms with van der Waals surface area (Å²) < 4.78 is 76.8. The summed E-state index contributed by atoms with van der Waals surface area (Å²) in [7, 11) is 0. The Morgan fingerprint density at radius 2 is 1.55 bits per heavy atom. The molecule has 116 valence electrons. The van der Waals surface area contributed by atoms with Gasteiger partial charge in [0.25, 0.3) is 0 Å². The standard InChI is InChI=1S/C11H11F6NO.ClH/c12-9(13)5-8(18)6-1-3-7(4-2-6)19-11(16,17)10(14)15;/h1-4,8-10H,5,18H2;1H/t8-;/m1./s1. The molecule has 2 nitrogen and oxygen atoms in total. The summed E-state index contributed by atoms with van der Waals surface area (Å²) in [6.07, 6.45) is -11.8. The van der Waals surface area contributed by atoms with Crippen LogP contribution >= 0.6 is 12.4 Å². The molecule has 1 aromatic carbocycles. The number of hydrogen-bond acceptors (Lipinski definition) is 2. The third-order valence-corrected chi connectivity index (χ3v) is 2.25. The number of hydrogen-bond donors (Lipinski definition) is 1. The average molecular weight is 324 g/mol. The summed E-state index contributed by atoms with van der Waals surface area (Å²) in [5, 5.41) is 0. The van der Waals surface area contributed by atoms with E-state index in [2.05, 4.69) is 4.74 Å². The van der Waals surface area contributed by atoms with Crippen LogP contribution in [0.4, 0.5) is 26.3 Å². The van der Waals surface area contributed by atoms with Crippen LogP contribution in [0, 0.1) is 0 Å². The smallest absolute Gasteiger partial charge is 0.428 e. The summed E-state index contributed by atoms with van der Waals surface area (Å²) in [5.41, 5.74) is 5.70. The number of rotatable bonds is 6. The normalized spacial score (nSPS) is 13.2. The molecule has 0 spiro atoms. The van der Waals surface area contributed by atoms with Gasteiger partial charge in [0.05, 0.1) is 0 Å². The third kappa shape index (κ3) is 5.46. The molecule has 0 aromatic heterocycles. The van der Waals surface area contributed by atoms with Crippen LogP contribution in [0.5, 0.6) is 5.75 Å². The Bertz CT molecular complexity index is 400. The van der Waals surface area contributed by atoms with Crippen LogP contribution in [-0.2, 0) is 0 Å². The van der Waals surface area contributed by atoms with Gasteiger partial charge in [-0.15, -0.1) is 12.4 Å². The Labute approximate surface area is 117 Å². The zero-order valence-electron chi connectivity index (χ0n) is 9.91. The van der Waals surface area contributed by atoms with Crippen LogP contribution < -0.4 is 10.5 Å². The van der Waals surface area contributed by atoms with Gasteiger partial charge < -0.3 is 10.5 Å².